The van der Waals surface area contributed by atoms with E-state index >= 15 is 0 Å². The second-order valence-corrected chi connectivity index (χ2v) is 6.01. The van der Waals surface area contributed by atoms with Crippen LogP contribution in [0.4, 0.5) is 5.69 Å². The summed E-state index contributed by atoms with van der Waals surface area (Å²) in [6.45, 7) is 1.57. The summed E-state index contributed by atoms with van der Waals surface area (Å²) in [5.41, 5.74) is 7.00. The highest BCUT2D eigenvalue weighted by molar-refractivity contribution is 6.01. The molecular weight excluding hydrogens is 266 g/mol. The van der Waals surface area contributed by atoms with Gasteiger partial charge in [-0.1, -0.05) is 6.07 Å². The summed E-state index contributed by atoms with van der Waals surface area (Å²) in [4.78, 5) is 17.3. The molecule has 2 atom stereocenters. The lowest BCUT2D eigenvalue weighted by atomic mass is 10.1. The van der Waals surface area contributed by atoms with Gasteiger partial charge >= 0.3 is 0 Å². The highest BCUT2D eigenvalue weighted by Crippen LogP contribution is 2.31. The molecule has 0 aromatic heterocycles. The van der Waals surface area contributed by atoms with Crippen LogP contribution in [-0.4, -0.2) is 55.0 Å². The lowest BCUT2D eigenvalue weighted by Gasteiger charge is -2.26. The molecule has 2 aliphatic rings. The molecule has 2 unspecified atom stereocenters. The Hall–Kier alpha value is -1.75. The molecule has 1 aromatic rings. The Morgan fingerprint density at radius 3 is 2.81 bits per heavy atom. The molecule has 5 nitrogen and oxygen atoms in total. The van der Waals surface area contributed by atoms with E-state index in [1.54, 1.807) is 19.2 Å². The zero-order chi connectivity index (χ0) is 15.0. The van der Waals surface area contributed by atoms with Crippen molar-refractivity contribution in [2.75, 3.05) is 33.0 Å². The van der Waals surface area contributed by atoms with Crippen molar-refractivity contribution < 1.29 is 9.53 Å². The summed E-state index contributed by atoms with van der Waals surface area (Å²) in [6, 6.07) is 6.44. The summed E-state index contributed by atoms with van der Waals surface area (Å²) in [5, 5.41) is 0. The zero-order valence-electron chi connectivity index (χ0n) is 12.7. The maximum absolute atomic E-state index is 12.9. The normalized spacial score (nSPS) is 25.7. The van der Waals surface area contributed by atoms with Crippen molar-refractivity contribution in [3.8, 4) is 5.75 Å². The van der Waals surface area contributed by atoms with E-state index in [2.05, 4.69) is 11.9 Å². The van der Waals surface area contributed by atoms with Crippen LogP contribution in [0.15, 0.2) is 18.2 Å². The molecule has 2 bridgehead atoms. The molecule has 2 fully saturated rings. The number of likely N-dealkylation sites (tertiary alicyclic amines) is 1. The quantitative estimate of drug-likeness (QED) is 0.840. The summed E-state index contributed by atoms with van der Waals surface area (Å²) in [6.07, 6.45) is 3.46. The molecule has 21 heavy (non-hydrogen) atoms. The molecule has 0 saturated carbocycles. The topological polar surface area (TPSA) is 58.8 Å². The number of ether oxygens (including phenoxy) is 1. The molecule has 0 spiro atoms. The van der Waals surface area contributed by atoms with Gasteiger partial charge in [0.05, 0.1) is 7.11 Å². The van der Waals surface area contributed by atoms with E-state index in [-0.39, 0.29) is 5.91 Å². The SMILES string of the molecule is COc1cccc(N)c1C(=O)N1CCC2CCC(C1)N2C. The second-order valence-electron chi connectivity index (χ2n) is 6.01. The first-order valence-electron chi connectivity index (χ1n) is 7.55. The number of nitrogens with two attached hydrogens (primary N) is 1. The Morgan fingerprint density at radius 2 is 2.05 bits per heavy atom. The highest BCUT2D eigenvalue weighted by atomic mass is 16.5. The second kappa shape index (κ2) is 5.56. The zero-order valence-corrected chi connectivity index (χ0v) is 12.7. The van der Waals surface area contributed by atoms with Crippen LogP contribution in [0.3, 0.4) is 0 Å². The van der Waals surface area contributed by atoms with Crippen molar-refractivity contribution in [2.45, 2.75) is 31.3 Å². The Kier molecular flexibility index (Phi) is 3.76. The van der Waals surface area contributed by atoms with Crippen LogP contribution in [0.1, 0.15) is 29.6 Å². The Bertz CT molecular complexity index is 546. The summed E-state index contributed by atoms with van der Waals surface area (Å²) in [5.74, 6) is 0.550. The van der Waals surface area contributed by atoms with Gasteiger partial charge in [-0.25, -0.2) is 0 Å². The average molecular weight is 289 g/mol. The van der Waals surface area contributed by atoms with E-state index < -0.39 is 0 Å². The molecule has 114 valence electrons. The number of hydrogen-bond acceptors (Lipinski definition) is 4. The number of nitrogens with zero attached hydrogens (tertiary/aromatic N) is 2. The lowest BCUT2D eigenvalue weighted by molar-refractivity contribution is 0.0738. The number of rotatable bonds is 2. The molecule has 2 aliphatic heterocycles. The fourth-order valence-electron chi connectivity index (χ4n) is 3.60. The molecule has 1 aromatic carbocycles. The minimum absolute atomic E-state index is 0.00843. The van der Waals surface area contributed by atoms with Gasteiger partial charge in [0.15, 0.2) is 0 Å². The number of likely N-dealkylation sites (N-methyl/N-ethyl adjacent to an activating group) is 1. The Balaban J connectivity index is 1.86. The van der Waals surface area contributed by atoms with Crippen LogP contribution in [0.25, 0.3) is 0 Å². The number of fused-ring (bicyclic) bond motifs is 2. The first-order valence-corrected chi connectivity index (χ1v) is 7.55. The van der Waals surface area contributed by atoms with Crippen LogP contribution in [0, 0.1) is 0 Å². The molecule has 5 heteroatoms. The van der Waals surface area contributed by atoms with Crippen LogP contribution >= 0.6 is 0 Å². The van der Waals surface area contributed by atoms with E-state index in [4.69, 9.17) is 10.5 Å². The number of anilines is 1. The van der Waals surface area contributed by atoms with Gasteiger partial charge in [-0.3, -0.25) is 9.69 Å². The number of benzene rings is 1. The maximum atomic E-state index is 12.9. The average Bonchev–Trinajstić information content (AvgIpc) is 2.71. The van der Waals surface area contributed by atoms with Gasteiger partial charge in [-0.2, -0.15) is 0 Å². The number of amides is 1. The standard InChI is InChI=1S/C16H23N3O2/c1-18-11-6-7-12(18)10-19(9-8-11)16(20)15-13(17)4-3-5-14(15)21-2/h3-5,11-12H,6-10,17H2,1-2H3. The van der Waals surface area contributed by atoms with Crippen molar-refractivity contribution in [2.24, 2.45) is 0 Å². The summed E-state index contributed by atoms with van der Waals surface area (Å²) < 4.78 is 5.31. The van der Waals surface area contributed by atoms with Gasteiger partial charge in [0, 0.05) is 30.9 Å². The third-order valence-corrected chi connectivity index (χ3v) is 4.93. The first kappa shape index (κ1) is 14.2. The van der Waals surface area contributed by atoms with Crippen molar-refractivity contribution in [3.05, 3.63) is 23.8 Å². The van der Waals surface area contributed by atoms with E-state index in [9.17, 15) is 4.79 Å². The van der Waals surface area contributed by atoms with Gasteiger partial charge in [-0.15, -0.1) is 0 Å². The number of hydrogen-bond donors (Lipinski definition) is 1. The number of carbonyl (C=O) groups is 1. The van der Waals surface area contributed by atoms with Gasteiger partial charge < -0.3 is 15.4 Å². The van der Waals surface area contributed by atoms with Crippen LogP contribution in [-0.2, 0) is 0 Å². The fraction of sp³-hybridized carbons (Fsp3) is 0.562. The van der Waals surface area contributed by atoms with Crippen molar-refractivity contribution in [1.82, 2.24) is 9.80 Å². The number of carbonyl (C=O) groups excluding carboxylic acids is 1. The highest BCUT2D eigenvalue weighted by Gasteiger charge is 2.36. The molecule has 2 N–H and O–H groups in total. The van der Waals surface area contributed by atoms with Crippen molar-refractivity contribution in [1.29, 1.82) is 0 Å². The third kappa shape index (κ3) is 2.46. The van der Waals surface area contributed by atoms with Gasteiger partial charge in [0.25, 0.3) is 5.91 Å². The smallest absolute Gasteiger partial charge is 0.259 e. The minimum atomic E-state index is -0.00843. The summed E-state index contributed by atoms with van der Waals surface area (Å²) in [7, 11) is 3.75. The number of nitrogen functional groups attached to an aromatic ring is 1. The monoisotopic (exact) mass is 289 g/mol. The van der Waals surface area contributed by atoms with Gasteiger partial charge in [-0.05, 0) is 38.4 Å². The van der Waals surface area contributed by atoms with Crippen molar-refractivity contribution in [3.63, 3.8) is 0 Å². The van der Waals surface area contributed by atoms with Crippen LogP contribution in [0.2, 0.25) is 0 Å². The van der Waals surface area contributed by atoms with E-state index in [1.807, 2.05) is 11.0 Å². The van der Waals surface area contributed by atoms with E-state index in [0.717, 1.165) is 19.5 Å². The first-order chi connectivity index (χ1) is 10.1. The molecular formula is C16H23N3O2. The predicted octanol–water partition coefficient (Wildman–Crippen LogP) is 1.59. The molecule has 0 radical (unpaired) electrons. The third-order valence-electron chi connectivity index (χ3n) is 4.93. The molecule has 0 aliphatic carbocycles. The molecule has 2 saturated heterocycles. The fourth-order valence-corrected chi connectivity index (χ4v) is 3.60. The van der Waals surface area contributed by atoms with Gasteiger partial charge in [0.2, 0.25) is 0 Å². The summed E-state index contributed by atoms with van der Waals surface area (Å²) >= 11 is 0. The van der Waals surface area contributed by atoms with E-state index in [0.29, 0.717) is 29.1 Å². The van der Waals surface area contributed by atoms with Crippen molar-refractivity contribution >= 4 is 11.6 Å². The number of methoxy groups -OCH3 is 1. The van der Waals surface area contributed by atoms with E-state index in [1.165, 1.54) is 12.8 Å². The molecule has 3 rings (SSSR count). The maximum Gasteiger partial charge on any atom is 0.259 e. The molecule has 1 amide bonds. The van der Waals surface area contributed by atoms with Crippen LogP contribution in [0.5, 0.6) is 5.75 Å². The Morgan fingerprint density at radius 1 is 1.29 bits per heavy atom. The minimum Gasteiger partial charge on any atom is -0.496 e. The Labute approximate surface area is 125 Å². The van der Waals surface area contributed by atoms with Gasteiger partial charge in [0.1, 0.15) is 11.3 Å². The lowest BCUT2D eigenvalue weighted by Crippen LogP contribution is -2.40. The molecule has 2 heterocycles. The van der Waals surface area contributed by atoms with Crippen LogP contribution < -0.4 is 10.5 Å². The largest absolute Gasteiger partial charge is 0.496 e. The predicted molar refractivity (Wildman–Crippen MR) is 82.5 cm³/mol.